The van der Waals surface area contributed by atoms with E-state index in [1.165, 1.54) is 16.2 Å². The van der Waals surface area contributed by atoms with Gasteiger partial charge in [-0.05, 0) is 73.2 Å². The molecule has 0 saturated carbocycles. The zero-order valence-corrected chi connectivity index (χ0v) is 17.8. The maximum Gasteiger partial charge on any atom is 0.282 e. The molecule has 0 spiro atoms. The summed E-state index contributed by atoms with van der Waals surface area (Å²) in [6.45, 7) is 5.84. The molecule has 4 nitrogen and oxygen atoms in total. The van der Waals surface area contributed by atoms with Gasteiger partial charge in [-0.15, -0.1) is 11.3 Å². The largest absolute Gasteiger partial charge is 0.350 e. The second kappa shape index (κ2) is 7.50. The lowest BCUT2D eigenvalue weighted by molar-refractivity contribution is -0.120. The summed E-state index contributed by atoms with van der Waals surface area (Å²) in [6.07, 6.45) is 0. The van der Waals surface area contributed by atoms with Crippen molar-refractivity contribution in [2.75, 3.05) is 10.2 Å². The Kier molecular flexibility index (Phi) is 5.03. The first kappa shape index (κ1) is 19.4. The van der Waals surface area contributed by atoms with E-state index >= 15 is 0 Å². The van der Waals surface area contributed by atoms with Gasteiger partial charge in [-0.25, -0.2) is 4.90 Å². The number of hydrogen-bond donors (Lipinski definition) is 1. The van der Waals surface area contributed by atoms with Gasteiger partial charge in [0.05, 0.1) is 11.3 Å². The summed E-state index contributed by atoms with van der Waals surface area (Å²) in [7, 11) is 0. The van der Waals surface area contributed by atoms with Crippen molar-refractivity contribution in [1.82, 2.24) is 0 Å². The normalized spacial score (nSPS) is 14.1. The number of benzene rings is 2. The molecule has 0 bridgehead atoms. The molecular formula is C23H19ClN2O2S. The summed E-state index contributed by atoms with van der Waals surface area (Å²) in [5.74, 6) is -0.708. The van der Waals surface area contributed by atoms with Crippen LogP contribution in [0, 0.1) is 20.8 Å². The first-order chi connectivity index (χ1) is 13.9. The van der Waals surface area contributed by atoms with Gasteiger partial charge in [-0.3, -0.25) is 9.59 Å². The topological polar surface area (TPSA) is 49.4 Å². The number of anilines is 2. The molecule has 1 N–H and O–H groups in total. The van der Waals surface area contributed by atoms with Gasteiger partial charge >= 0.3 is 0 Å². The highest BCUT2D eigenvalue weighted by atomic mass is 35.5. The highest BCUT2D eigenvalue weighted by Crippen LogP contribution is 2.37. The van der Waals surface area contributed by atoms with Crippen LogP contribution < -0.4 is 10.2 Å². The lowest BCUT2D eigenvalue weighted by Gasteiger charge is -2.18. The summed E-state index contributed by atoms with van der Waals surface area (Å²) in [5, 5.41) is 5.70. The Bertz CT molecular complexity index is 1170. The molecule has 2 amide bonds. The third-order valence-electron chi connectivity index (χ3n) is 5.12. The molecule has 1 aliphatic heterocycles. The highest BCUT2D eigenvalue weighted by Gasteiger charge is 2.41. The van der Waals surface area contributed by atoms with Crippen LogP contribution in [0.15, 0.2) is 59.6 Å². The number of imide groups is 1. The number of halogens is 1. The first-order valence-corrected chi connectivity index (χ1v) is 10.4. The van der Waals surface area contributed by atoms with Crippen LogP contribution in [0.3, 0.4) is 0 Å². The molecule has 1 aromatic heterocycles. The molecule has 0 fully saturated rings. The Morgan fingerprint density at radius 2 is 1.72 bits per heavy atom. The Balaban J connectivity index is 1.84. The first-order valence-electron chi connectivity index (χ1n) is 9.15. The van der Waals surface area contributed by atoms with Crippen LogP contribution in [0.5, 0.6) is 0 Å². The van der Waals surface area contributed by atoms with Crippen molar-refractivity contribution < 1.29 is 9.59 Å². The van der Waals surface area contributed by atoms with Gasteiger partial charge in [0.2, 0.25) is 0 Å². The Morgan fingerprint density at radius 1 is 0.931 bits per heavy atom. The molecule has 3 aromatic rings. The van der Waals surface area contributed by atoms with Crippen molar-refractivity contribution in [1.29, 1.82) is 0 Å². The van der Waals surface area contributed by atoms with Gasteiger partial charge in [0.1, 0.15) is 5.70 Å². The molecule has 29 heavy (non-hydrogen) atoms. The lowest BCUT2D eigenvalue weighted by atomic mass is 10.1. The minimum atomic E-state index is -0.371. The van der Waals surface area contributed by atoms with Crippen molar-refractivity contribution in [3.63, 3.8) is 0 Å². The number of carbonyl (C=O) groups is 2. The second-order valence-electron chi connectivity index (χ2n) is 6.98. The average molecular weight is 423 g/mol. The number of nitrogens with one attached hydrogen (secondary N) is 1. The van der Waals surface area contributed by atoms with Gasteiger partial charge in [-0.2, -0.15) is 0 Å². The summed E-state index contributed by atoms with van der Waals surface area (Å²) in [4.78, 5) is 28.8. The van der Waals surface area contributed by atoms with E-state index in [4.69, 9.17) is 11.6 Å². The number of carbonyl (C=O) groups excluding carboxylic acids is 2. The lowest BCUT2D eigenvalue weighted by Crippen LogP contribution is -2.33. The van der Waals surface area contributed by atoms with E-state index in [0.29, 0.717) is 22.0 Å². The Labute approximate surface area is 178 Å². The fourth-order valence-electron chi connectivity index (χ4n) is 3.40. The van der Waals surface area contributed by atoms with E-state index in [2.05, 4.69) is 5.32 Å². The van der Waals surface area contributed by atoms with Gasteiger partial charge in [-0.1, -0.05) is 29.8 Å². The Hall–Kier alpha value is -2.89. The van der Waals surface area contributed by atoms with Crippen LogP contribution in [-0.2, 0) is 9.59 Å². The molecule has 4 rings (SSSR count). The van der Waals surface area contributed by atoms with Crippen LogP contribution in [0.1, 0.15) is 21.6 Å². The molecule has 0 unspecified atom stereocenters. The van der Waals surface area contributed by atoms with E-state index in [1.54, 1.807) is 18.2 Å². The number of hydrogen-bond acceptors (Lipinski definition) is 4. The molecule has 1 aliphatic rings. The molecule has 0 saturated heterocycles. The van der Waals surface area contributed by atoms with Crippen molar-refractivity contribution in [3.05, 3.63) is 86.2 Å². The maximum absolute atomic E-state index is 13.4. The summed E-state index contributed by atoms with van der Waals surface area (Å²) >= 11 is 7.50. The van der Waals surface area contributed by atoms with Crippen molar-refractivity contribution >= 4 is 51.7 Å². The smallest absolute Gasteiger partial charge is 0.282 e. The summed E-state index contributed by atoms with van der Waals surface area (Å²) in [5.41, 5.74) is 4.93. The average Bonchev–Trinajstić information content (AvgIpc) is 3.27. The molecular weight excluding hydrogens is 404 g/mol. The van der Waals surface area contributed by atoms with Crippen LogP contribution in [0.4, 0.5) is 11.4 Å². The quantitative estimate of drug-likeness (QED) is 0.547. The Morgan fingerprint density at radius 3 is 2.41 bits per heavy atom. The van der Waals surface area contributed by atoms with Crippen LogP contribution >= 0.6 is 22.9 Å². The molecule has 0 aliphatic carbocycles. The van der Waals surface area contributed by atoms with Gasteiger partial charge in [0, 0.05) is 15.6 Å². The second-order valence-corrected chi connectivity index (χ2v) is 8.36. The standard InChI is InChI=1S/C23H19ClN2O2S/c1-13-6-4-7-17(15(13)3)25-21-20(19-8-5-11-29-19)22(27)26(23(21)28)18-10-9-16(24)12-14(18)2/h4-12,25H,1-3H3. The summed E-state index contributed by atoms with van der Waals surface area (Å²) < 4.78 is 0. The van der Waals surface area contributed by atoms with Crippen LogP contribution in [0.25, 0.3) is 5.57 Å². The minimum absolute atomic E-state index is 0.292. The number of nitrogens with zero attached hydrogens (tertiary/aromatic N) is 1. The summed E-state index contributed by atoms with van der Waals surface area (Å²) in [6, 6.07) is 14.7. The monoisotopic (exact) mass is 422 g/mol. The van der Waals surface area contributed by atoms with Crippen molar-refractivity contribution in [3.8, 4) is 0 Å². The fraction of sp³-hybridized carbons (Fsp3) is 0.130. The predicted molar refractivity (Wildman–Crippen MR) is 119 cm³/mol. The number of aryl methyl sites for hydroxylation is 2. The van der Waals surface area contributed by atoms with E-state index < -0.39 is 0 Å². The molecule has 6 heteroatoms. The van der Waals surface area contributed by atoms with E-state index in [-0.39, 0.29) is 11.8 Å². The van der Waals surface area contributed by atoms with Crippen molar-refractivity contribution in [2.24, 2.45) is 0 Å². The van der Waals surface area contributed by atoms with E-state index in [0.717, 1.165) is 27.3 Å². The van der Waals surface area contributed by atoms with E-state index in [9.17, 15) is 9.59 Å². The van der Waals surface area contributed by atoms with Gasteiger partial charge in [0.15, 0.2) is 0 Å². The van der Waals surface area contributed by atoms with Crippen molar-refractivity contribution in [2.45, 2.75) is 20.8 Å². The van der Waals surface area contributed by atoms with Crippen LogP contribution in [0.2, 0.25) is 5.02 Å². The molecule has 2 heterocycles. The number of amides is 2. The zero-order valence-electron chi connectivity index (χ0n) is 16.2. The number of rotatable bonds is 4. The van der Waals surface area contributed by atoms with Gasteiger partial charge < -0.3 is 5.32 Å². The highest BCUT2D eigenvalue weighted by molar-refractivity contribution is 7.11. The third-order valence-corrected chi connectivity index (χ3v) is 6.24. The molecule has 146 valence electrons. The van der Waals surface area contributed by atoms with E-state index in [1.807, 2.05) is 56.5 Å². The predicted octanol–water partition coefficient (Wildman–Crippen LogP) is 5.72. The zero-order chi connectivity index (χ0) is 20.7. The van der Waals surface area contributed by atoms with Crippen LogP contribution in [-0.4, -0.2) is 11.8 Å². The SMILES string of the molecule is Cc1cc(Cl)ccc1N1C(=O)C(Nc2cccc(C)c2C)=C(c2cccs2)C1=O. The number of thiophene rings is 1. The fourth-order valence-corrected chi connectivity index (χ4v) is 4.40. The third kappa shape index (κ3) is 3.37. The molecule has 2 aromatic carbocycles. The molecule has 0 radical (unpaired) electrons. The maximum atomic E-state index is 13.4. The minimum Gasteiger partial charge on any atom is -0.350 e. The van der Waals surface area contributed by atoms with Gasteiger partial charge in [0.25, 0.3) is 11.8 Å². The molecule has 0 atom stereocenters.